The van der Waals surface area contributed by atoms with Crippen molar-refractivity contribution in [3.63, 3.8) is 0 Å². The predicted octanol–water partition coefficient (Wildman–Crippen LogP) is 3.80. The van der Waals surface area contributed by atoms with Gasteiger partial charge in [-0.15, -0.1) is 0 Å². The summed E-state index contributed by atoms with van der Waals surface area (Å²) in [5, 5.41) is 0. The van der Waals surface area contributed by atoms with E-state index in [1.807, 2.05) is 13.8 Å². The van der Waals surface area contributed by atoms with Gasteiger partial charge in [-0.1, -0.05) is 13.2 Å². The number of rotatable bonds is 2. The van der Waals surface area contributed by atoms with Gasteiger partial charge in [-0.25, -0.2) is 4.79 Å². The van der Waals surface area contributed by atoms with Crippen LogP contribution in [-0.4, -0.2) is 47.4 Å². The quantitative estimate of drug-likeness (QED) is 0.283. The Morgan fingerprint density at radius 3 is 2.23 bits per heavy atom. The summed E-state index contributed by atoms with van der Waals surface area (Å²) in [4.78, 5) is 36.6. The molecule has 3 rings (SSSR count). The lowest BCUT2D eigenvalue weighted by Crippen LogP contribution is -2.45. The van der Waals surface area contributed by atoms with Gasteiger partial charge in [0.1, 0.15) is 23.4 Å². The molecule has 7 heteroatoms. The van der Waals surface area contributed by atoms with Crippen LogP contribution in [0.3, 0.4) is 0 Å². The number of hydrogen-bond acceptors (Lipinski definition) is 7. The summed E-state index contributed by atoms with van der Waals surface area (Å²) in [7, 11) is 0. The molecule has 0 unspecified atom stereocenters. The summed E-state index contributed by atoms with van der Waals surface area (Å²) < 4.78 is 23.6. The van der Waals surface area contributed by atoms with Gasteiger partial charge in [0.25, 0.3) is 0 Å². The number of hydrogen-bond donors (Lipinski definition) is 0. The van der Waals surface area contributed by atoms with E-state index in [2.05, 4.69) is 13.2 Å². The fourth-order valence-electron chi connectivity index (χ4n) is 5.05. The Balaban J connectivity index is 2.00. The maximum absolute atomic E-state index is 12.9. The molecule has 0 spiro atoms. The van der Waals surface area contributed by atoms with Gasteiger partial charge >= 0.3 is 17.9 Å². The summed E-state index contributed by atoms with van der Waals surface area (Å²) in [5.41, 5.74) is -0.409. The lowest BCUT2D eigenvalue weighted by molar-refractivity contribution is -0.180. The second-order valence-electron chi connectivity index (χ2n) is 9.55. The molecule has 4 bridgehead atoms. The third-order valence-corrected chi connectivity index (χ3v) is 7.04. The Kier molecular flexibility index (Phi) is 6.65. The van der Waals surface area contributed by atoms with Gasteiger partial charge in [0.05, 0.1) is 6.10 Å². The summed E-state index contributed by atoms with van der Waals surface area (Å²) in [5.74, 6) is -1.55. The van der Waals surface area contributed by atoms with Crippen LogP contribution in [-0.2, 0) is 33.3 Å². The first-order valence-electron chi connectivity index (χ1n) is 11.1. The van der Waals surface area contributed by atoms with Gasteiger partial charge in [-0.05, 0) is 70.3 Å². The molecule has 0 amide bonds. The van der Waals surface area contributed by atoms with Crippen molar-refractivity contribution in [2.75, 3.05) is 0 Å². The molecule has 0 aliphatic carbocycles. The maximum atomic E-state index is 12.9. The van der Waals surface area contributed by atoms with E-state index in [0.717, 1.165) is 12.0 Å². The Bertz CT molecular complexity index is 787. The van der Waals surface area contributed by atoms with Gasteiger partial charge in [0.2, 0.25) is 0 Å². The van der Waals surface area contributed by atoms with Crippen molar-refractivity contribution in [2.24, 2.45) is 5.92 Å². The van der Waals surface area contributed by atoms with Crippen LogP contribution in [0.15, 0.2) is 24.3 Å². The van der Waals surface area contributed by atoms with Crippen LogP contribution < -0.4 is 0 Å². The van der Waals surface area contributed by atoms with E-state index < -0.39 is 35.3 Å². The monoisotopic (exact) mass is 434 g/mol. The van der Waals surface area contributed by atoms with Gasteiger partial charge in [-0.2, -0.15) is 0 Å². The summed E-state index contributed by atoms with van der Waals surface area (Å²) in [6.07, 6.45) is 2.74. The Morgan fingerprint density at radius 2 is 1.58 bits per heavy atom. The SMILES string of the molecule is C=C1C(=O)O[C@]2(C)CC[C@@H]1C[C@H](OC(C)=O)[C@@]1(C)CC[C@H](O1)C(=C)CC[C@H]2OC(C)=O. The number of carbonyl (C=O) groups is 3. The zero-order chi connectivity index (χ0) is 23.0. The van der Waals surface area contributed by atoms with Crippen LogP contribution in [0.25, 0.3) is 0 Å². The van der Waals surface area contributed by atoms with Gasteiger partial charge in [0.15, 0.2) is 0 Å². The third-order valence-electron chi connectivity index (χ3n) is 7.04. The van der Waals surface area contributed by atoms with Crippen molar-refractivity contribution >= 4 is 17.9 Å². The van der Waals surface area contributed by atoms with Crippen LogP contribution in [0.4, 0.5) is 0 Å². The molecule has 3 heterocycles. The van der Waals surface area contributed by atoms with Gasteiger partial charge in [-0.3, -0.25) is 9.59 Å². The van der Waals surface area contributed by atoms with Crippen molar-refractivity contribution in [3.8, 4) is 0 Å². The molecular formula is C24H34O7. The zero-order valence-corrected chi connectivity index (χ0v) is 19.0. The van der Waals surface area contributed by atoms with E-state index in [1.165, 1.54) is 13.8 Å². The molecule has 0 N–H and O–H groups in total. The molecule has 31 heavy (non-hydrogen) atoms. The van der Waals surface area contributed by atoms with Gasteiger partial charge in [0, 0.05) is 19.4 Å². The summed E-state index contributed by atoms with van der Waals surface area (Å²) >= 11 is 0. The molecule has 3 saturated heterocycles. The van der Waals surface area contributed by atoms with E-state index in [4.69, 9.17) is 18.9 Å². The number of esters is 3. The summed E-state index contributed by atoms with van der Waals surface area (Å²) in [6.45, 7) is 14.7. The molecule has 0 aromatic carbocycles. The highest BCUT2D eigenvalue weighted by Crippen LogP contribution is 2.44. The zero-order valence-electron chi connectivity index (χ0n) is 19.0. The minimum atomic E-state index is -0.977. The molecular weight excluding hydrogens is 400 g/mol. The van der Waals surface area contributed by atoms with Crippen molar-refractivity contribution in [2.45, 2.75) is 102 Å². The van der Waals surface area contributed by atoms with Crippen LogP contribution in [0.2, 0.25) is 0 Å². The molecule has 172 valence electrons. The number of ether oxygens (including phenoxy) is 4. The maximum Gasteiger partial charge on any atom is 0.334 e. The highest BCUT2D eigenvalue weighted by molar-refractivity contribution is 5.89. The average molecular weight is 435 g/mol. The Labute approximate surface area is 184 Å². The molecule has 7 nitrogen and oxygen atoms in total. The standard InChI is InChI=1S/C24H34O7/c1-14-7-8-20(28-16(3)25)23(5)11-9-18(15(2)22(27)31-23)13-21(29-17(4)26)24(6)12-10-19(14)30-24/h18-21H,1-2,7-13H2,3-6H3/t18-,19+,20-,21+,23-,24-/m1/s1. The lowest BCUT2D eigenvalue weighted by atomic mass is 9.80. The smallest absolute Gasteiger partial charge is 0.334 e. The average Bonchev–Trinajstić information content (AvgIpc) is 3.04. The fourth-order valence-corrected chi connectivity index (χ4v) is 5.05. The van der Waals surface area contributed by atoms with Crippen molar-refractivity contribution < 1.29 is 33.3 Å². The van der Waals surface area contributed by atoms with E-state index in [1.54, 1.807) is 0 Å². The predicted molar refractivity (Wildman–Crippen MR) is 113 cm³/mol. The lowest BCUT2D eigenvalue weighted by Gasteiger charge is -2.36. The normalized spacial score (nSPS) is 38.9. The Hall–Kier alpha value is -2.15. The first-order valence-corrected chi connectivity index (χ1v) is 11.1. The summed E-state index contributed by atoms with van der Waals surface area (Å²) in [6, 6.07) is 0. The first kappa shape index (κ1) is 23.5. The Morgan fingerprint density at radius 1 is 0.968 bits per heavy atom. The van der Waals surface area contributed by atoms with E-state index >= 15 is 0 Å². The minimum Gasteiger partial charge on any atom is -0.459 e. The minimum absolute atomic E-state index is 0.166. The molecule has 3 aliphatic rings. The second kappa shape index (κ2) is 8.77. The van der Waals surface area contributed by atoms with E-state index in [-0.39, 0.29) is 18.0 Å². The van der Waals surface area contributed by atoms with Crippen LogP contribution in [0.1, 0.15) is 72.6 Å². The molecule has 3 aliphatic heterocycles. The molecule has 3 fully saturated rings. The van der Waals surface area contributed by atoms with Crippen LogP contribution >= 0.6 is 0 Å². The topological polar surface area (TPSA) is 88.1 Å². The third kappa shape index (κ3) is 5.03. The van der Waals surface area contributed by atoms with E-state index in [9.17, 15) is 14.4 Å². The highest BCUT2D eigenvalue weighted by atomic mass is 16.6. The second-order valence-corrected chi connectivity index (χ2v) is 9.55. The van der Waals surface area contributed by atoms with Crippen molar-refractivity contribution in [1.82, 2.24) is 0 Å². The molecule has 0 aromatic rings. The van der Waals surface area contributed by atoms with Gasteiger partial charge < -0.3 is 18.9 Å². The van der Waals surface area contributed by atoms with Crippen molar-refractivity contribution in [1.29, 1.82) is 0 Å². The van der Waals surface area contributed by atoms with Crippen LogP contribution in [0.5, 0.6) is 0 Å². The number of carbonyl (C=O) groups excluding carboxylic acids is 3. The van der Waals surface area contributed by atoms with Crippen LogP contribution in [0, 0.1) is 5.92 Å². The first-order chi connectivity index (χ1) is 14.4. The largest absolute Gasteiger partial charge is 0.459 e. The number of fused-ring (bicyclic) bond motifs is 5. The van der Waals surface area contributed by atoms with E-state index in [0.29, 0.717) is 44.1 Å². The molecule has 6 atom stereocenters. The highest BCUT2D eigenvalue weighted by Gasteiger charge is 2.49. The van der Waals surface area contributed by atoms with Crippen molar-refractivity contribution in [3.05, 3.63) is 24.3 Å². The molecule has 0 radical (unpaired) electrons. The fraction of sp³-hybridized carbons (Fsp3) is 0.708. The molecule has 0 saturated carbocycles. The molecule has 0 aromatic heterocycles.